The summed E-state index contributed by atoms with van der Waals surface area (Å²) in [6, 6.07) is 5.20. The minimum absolute atomic E-state index is 0.0373. The van der Waals surface area contributed by atoms with Gasteiger partial charge in [0.2, 0.25) is 5.91 Å². The number of ether oxygens (including phenoxy) is 2. The van der Waals surface area contributed by atoms with Crippen molar-refractivity contribution < 1.29 is 19.1 Å². The molecule has 0 aliphatic carbocycles. The SMILES string of the molecule is CNc1nc([C@@H]2CCCN2C(C)=O)nc2c1CCN(C(=O)c1ccc3c(c1)OCCO3)C2. The molecule has 9 heteroatoms. The Kier molecular flexibility index (Phi) is 5.32. The summed E-state index contributed by atoms with van der Waals surface area (Å²) in [5.74, 6) is 2.67. The standard InChI is InChI=1S/C23H27N5O4/c1-14(29)28-8-3-4-18(28)22-25-17-13-27(9-7-16(17)21(24-2)26-22)23(30)15-5-6-19-20(12-15)32-11-10-31-19/h5-6,12,18H,3-4,7-11,13H2,1-2H3,(H,24,25,26)/t18-/m0/s1. The summed E-state index contributed by atoms with van der Waals surface area (Å²) in [5, 5.41) is 3.18. The first-order chi connectivity index (χ1) is 15.5. The van der Waals surface area contributed by atoms with Crippen LogP contribution in [-0.2, 0) is 17.8 Å². The summed E-state index contributed by atoms with van der Waals surface area (Å²) in [5.41, 5.74) is 2.45. The van der Waals surface area contributed by atoms with Crippen LogP contribution < -0.4 is 14.8 Å². The molecule has 1 aromatic heterocycles. The Morgan fingerprint density at radius 1 is 1.12 bits per heavy atom. The summed E-state index contributed by atoms with van der Waals surface area (Å²) >= 11 is 0. The van der Waals surface area contributed by atoms with E-state index >= 15 is 0 Å². The molecule has 1 saturated heterocycles. The fraction of sp³-hybridized carbons (Fsp3) is 0.478. The third-order valence-corrected chi connectivity index (χ3v) is 6.35. The van der Waals surface area contributed by atoms with Crippen molar-refractivity contribution in [2.75, 3.05) is 38.7 Å². The van der Waals surface area contributed by atoms with Crippen LogP contribution in [0, 0.1) is 0 Å². The molecule has 1 atom stereocenters. The highest BCUT2D eigenvalue weighted by Gasteiger charge is 2.33. The van der Waals surface area contributed by atoms with Crippen LogP contribution in [0.1, 0.15) is 53.2 Å². The molecule has 168 valence electrons. The molecule has 3 aliphatic heterocycles. The van der Waals surface area contributed by atoms with Gasteiger partial charge in [-0.25, -0.2) is 9.97 Å². The van der Waals surface area contributed by atoms with Crippen LogP contribution in [0.5, 0.6) is 11.5 Å². The molecular weight excluding hydrogens is 410 g/mol. The minimum atomic E-state index is -0.117. The molecule has 1 N–H and O–H groups in total. The predicted molar refractivity (Wildman–Crippen MR) is 117 cm³/mol. The summed E-state index contributed by atoms with van der Waals surface area (Å²) < 4.78 is 11.2. The molecule has 4 heterocycles. The van der Waals surface area contributed by atoms with E-state index in [4.69, 9.17) is 19.4 Å². The number of anilines is 1. The molecule has 2 amide bonds. The second-order valence-corrected chi connectivity index (χ2v) is 8.31. The first-order valence-corrected chi connectivity index (χ1v) is 11.1. The number of hydrogen-bond acceptors (Lipinski definition) is 7. The molecule has 0 spiro atoms. The lowest BCUT2D eigenvalue weighted by Gasteiger charge is -2.31. The van der Waals surface area contributed by atoms with Crippen LogP contribution in [0.25, 0.3) is 0 Å². The van der Waals surface area contributed by atoms with Crippen molar-refractivity contribution in [3.8, 4) is 11.5 Å². The van der Waals surface area contributed by atoms with E-state index in [0.29, 0.717) is 55.6 Å². The fourth-order valence-electron chi connectivity index (χ4n) is 4.75. The minimum Gasteiger partial charge on any atom is -0.486 e. The Labute approximate surface area is 186 Å². The zero-order valence-electron chi connectivity index (χ0n) is 18.4. The van der Waals surface area contributed by atoms with Crippen LogP contribution in [0.15, 0.2) is 18.2 Å². The molecule has 9 nitrogen and oxygen atoms in total. The summed E-state index contributed by atoms with van der Waals surface area (Å²) in [4.78, 5) is 38.5. The second kappa shape index (κ2) is 8.29. The van der Waals surface area contributed by atoms with Gasteiger partial charge in [-0.3, -0.25) is 9.59 Å². The van der Waals surface area contributed by atoms with Crippen molar-refractivity contribution in [3.63, 3.8) is 0 Å². The van der Waals surface area contributed by atoms with Gasteiger partial charge >= 0.3 is 0 Å². The number of rotatable bonds is 3. The van der Waals surface area contributed by atoms with Crippen molar-refractivity contribution in [1.29, 1.82) is 0 Å². The van der Waals surface area contributed by atoms with Gasteiger partial charge in [-0.1, -0.05) is 0 Å². The maximum atomic E-state index is 13.2. The largest absolute Gasteiger partial charge is 0.486 e. The Morgan fingerprint density at radius 3 is 2.72 bits per heavy atom. The lowest BCUT2D eigenvalue weighted by Crippen LogP contribution is -2.37. The van der Waals surface area contributed by atoms with Crippen LogP contribution >= 0.6 is 0 Å². The molecule has 5 rings (SSSR count). The zero-order chi connectivity index (χ0) is 22.2. The highest BCUT2D eigenvalue weighted by molar-refractivity contribution is 5.95. The van der Waals surface area contributed by atoms with Crippen LogP contribution in [0.2, 0.25) is 0 Å². The maximum absolute atomic E-state index is 13.2. The van der Waals surface area contributed by atoms with Crippen molar-refractivity contribution >= 4 is 17.6 Å². The van der Waals surface area contributed by atoms with E-state index < -0.39 is 0 Å². The van der Waals surface area contributed by atoms with Gasteiger partial charge in [0.25, 0.3) is 5.91 Å². The predicted octanol–water partition coefficient (Wildman–Crippen LogP) is 2.17. The number of amides is 2. The molecule has 2 aromatic rings. The molecule has 32 heavy (non-hydrogen) atoms. The van der Waals surface area contributed by atoms with Gasteiger partial charge < -0.3 is 24.6 Å². The molecule has 0 unspecified atom stereocenters. The van der Waals surface area contributed by atoms with Gasteiger partial charge in [-0.05, 0) is 37.5 Å². The Balaban J connectivity index is 1.42. The first-order valence-electron chi connectivity index (χ1n) is 11.1. The molecule has 0 radical (unpaired) electrons. The maximum Gasteiger partial charge on any atom is 0.254 e. The van der Waals surface area contributed by atoms with E-state index in [1.54, 1.807) is 30.0 Å². The Bertz CT molecular complexity index is 1070. The lowest BCUT2D eigenvalue weighted by molar-refractivity contribution is -0.129. The highest BCUT2D eigenvalue weighted by atomic mass is 16.6. The highest BCUT2D eigenvalue weighted by Crippen LogP contribution is 2.34. The summed E-state index contributed by atoms with van der Waals surface area (Å²) in [6.45, 7) is 4.29. The van der Waals surface area contributed by atoms with E-state index in [2.05, 4.69) is 5.32 Å². The van der Waals surface area contributed by atoms with Gasteiger partial charge in [-0.15, -0.1) is 0 Å². The zero-order valence-corrected chi connectivity index (χ0v) is 18.4. The van der Waals surface area contributed by atoms with Gasteiger partial charge in [0.15, 0.2) is 17.3 Å². The fourth-order valence-corrected chi connectivity index (χ4v) is 4.75. The molecular formula is C23H27N5O4. The lowest BCUT2D eigenvalue weighted by atomic mass is 10.0. The third kappa shape index (κ3) is 3.61. The Morgan fingerprint density at radius 2 is 1.94 bits per heavy atom. The number of likely N-dealkylation sites (tertiary alicyclic amines) is 1. The number of carbonyl (C=O) groups excluding carboxylic acids is 2. The van der Waals surface area contributed by atoms with Crippen LogP contribution in [-0.4, -0.2) is 64.9 Å². The molecule has 1 aromatic carbocycles. The second-order valence-electron chi connectivity index (χ2n) is 8.31. The number of nitrogens with zero attached hydrogens (tertiary/aromatic N) is 4. The number of nitrogens with one attached hydrogen (secondary N) is 1. The molecule has 0 bridgehead atoms. The average molecular weight is 438 g/mol. The smallest absolute Gasteiger partial charge is 0.254 e. The van der Waals surface area contributed by atoms with E-state index in [1.807, 2.05) is 11.9 Å². The first kappa shape index (κ1) is 20.5. The monoisotopic (exact) mass is 437 g/mol. The van der Waals surface area contributed by atoms with E-state index in [9.17, 15) is 9.59 Å². The van der Waals surface area contributed by atoms with E-state index in [1.165, 1.54) is 0 Å². The molecule has 3 aliphatic rings. The van der Waals surface area contributed by atoms with Crippen molar-refractivity contribution in [3.05, 3.63) is 40.8 Å². The van der Waals surface area contributed by atoms with Gasteiger partial charge in [0, 0.05) is 38.2 Å². The molecule has 1 fully saturated rings. The van der Waals surface area contributed by atoms with Gasteiger partial charge in [0.05, 0.1) is 18.3 Å². The Hall–Kier alpha value is -3.36. The summed E-state index contributed by atoms with van der Waals surface area (Å²) in [7, 11) is 1.84. The van der Waals surface area contributed by atoms with Crippen molar-refractivity contribution in [2.24, 2.45) is 0 Å². The number of fused-ring (bicyclic) bond motifs is 2. The topological polar surface area (TPSA) is 96.9 Å². The van der Waals surface area contributed by atoms with E-state index in [-0.39, 0.29) is 17.9 Å². The number of benzene rings is 1. The molecule has 0 saturated carbocycles. The van der Waals surface area contributed by atoms with Gasteiger partial charge in [0.1, 0.15) is 19.0 Å². The number of carbonyl (C=O) groups is 2. The van der Waals surface area contributed by atoms with Gasteiger partial charge in [-0.2, -0.15) is 0 Å². The van der Waals surface area contributed by atoms with Crippen molar-refractivity contribution in [1.82, 2.24) is 19.8 Å². The quantitative estimate of drug-likeness (QED) is 0.786. The number of aromatic nitrogens is 2. The van der Waals surface area contributed by atoms with Crippen LogP contribution in [0.4, 0.5) is 5.82 Å². The normalized spacial score (nSPS) is 19.5. The summed E-state index contributed by atoms with van der Waals surface area (Å²) in [6.07, 6.45) is 2.46. The number of hydrogen-bond donors (Lipinski definition) is 1. The average Bonchev–Trinajstić information content (AvgIpc) is 3.32. The van der Waals surface area contributed by atoms with E-state index in [0.717, 1.165) is 36.5 Å². The third-order valence-electron chi connectivity index (χ3n) is 6.35. The van der Waals surface area contributed by atoms with Crippen LogP contribution in [0.3, 0.4) is 0 Å². The van der Waals surface area contributed by atoms with Crippen molar-refractivity contribution in [2.45, 2.75) is 38.8 Å².